The monoisotopic (exact) mass is 548 g/mol. The summed E-state index contributed by atoms with van der Waals surface area (Å²) < 4.78 is 6.29. The van der Waals surface area contributed by atoms with E-state index in [2.05, 4.69) is 12.2 Å². The number of aliphatic hydroxyl groups is 3. The molecule has 0 aromatic heterocycles. The molecule has 1 fully saturated rings. The average Bonchev–Trinajstić information content (AvgIpc) is 2.85. The van der Waals surface area contributed by atoms with E-state index in [1.807, 2.05) is 0 Å². The molecule has 0 bridgehead atoms. The van der Waals surface area contributed by atoms with Crippen molar-refractivity contribution in [2.24, 2.45) is 0 Å². The predicted molar refractivity (Wildman–Crippen MR) is 153 cm³/mol. The van der Waals surface area contributed by atoms with E-state index < -0.39 is 36.4 Å². The first-order valence-corrected chi connectivity index (χ1v) is 15.4. The number of carbonyl (C=O) groups excluding carboxylic acids is 1. The maximum atomic E-state index is 12.6. The summed E-state index contributed by atoms with van der Waals surface area (Å²) in [6, 6.07) is -0.811. The van der Waals surface area contributed by atoms with Crippen molar-refractivity contribution < 1.29 is 24.9 Å². The van der Waals surface area contributed by atoms with Gasteiger partial charge in [-0.1, -0.05) is 121 Å². The van der Waals surface area contributed by atoms with Gasteiger partial charge in [-0.05, 0) is 6.42 Å². The second-order valence-electron chi connectivity index (χ2n) is 10.3. The Bertz CT molecular complexity index is 597. The number of thiocarbonyl (C=S) groups is 1. The van der Waals surface area contributed by atoms with Crippen molar-refractivity contribution in [1.82, 2.24) is 10.2 Å². The Balaban J connectivity index is 2.19. The van der Waals surface area contributed by atoms with Gasteiger partial charge in [-0.25, -0.2) is 0 Å². The fourth-order valence-corrected chi connectivity index (χ4v) is 5.72. The number of thioether (sulfide) groups is 1. The van der Waals surface area contributed by atoms with Gasteiger partial charge in [0.2, 0.25) is 5.91 Å². The molecule has 0 spiro atoms. The number of hydrogen-bond acceptors (Lipinski definition) is 7. The third-order valence-corrected chi connectivity index (χ3v) is 8.66. The molecule has 0 aliphatic carbocycles. The minimum Gasteiger partial charge on any atom is -0.394 e. The van der Waals surface area contributed by atoms with Crippen molar-refractivity contribution in [1.29, 1.82) is 0 Å². The first-order valence-electron chi connectivity index (χ1n) is 14.1. The molecule has 7 nitrogen and oxygen atoms in total. The maximum Gasteiger partial charge on any atom is 0.220 e. The minimum atomic E-state index is -1.28. The highest BCUT2D eigenvalue weighted by Crippen LogP contribution is 2.30. The van der Waals surface area contributed by atoms with Crippen LogP contribution in [-0.4, -0.2) is 80.9 Å². The van der Waals surface area contributed by atoms with Crippen molar-refractivity contribution in [2.75, 3.05) is 20.7 Å². The molecule has 0 saturated carbocycles. The fraction of sp³-hybridized carbons (Fsp3) is 0.926. The summed E-state index contributed by atoms with van der Waals surface area (Å²) in [5.41, 5.74) is -0.694. The standard InChI is InChI=1S/C27H52N2O5S2/c1-4-5-6-7-8-9-10-11-12-13-14-15-16-17-18-19-22(31)28-23-25(33)24(32)21(20-30)34-26(23)36-27(35)29(2)3/h21,23-26,30,32-33H,4-20H2,1-3H3,(H,28,31)/t21-,23?,24-,25-,26+/m1/s1. The summed E-state index contributed by atoms with van der Waals surface area (Å²) >= 11 is 6.52. The number of carbonyl (C=O) groups is 1. The highest BCUT2D eigenvalue weighted by atomic mass is 32.2. The molecule has 5 atom stereocenters. The maximum absolute atomic E-state index is 12.6. The van der Waals surface area contributed by atoms with Crippen LogP contribution in [0.25, 0.3) is 0 Å². The zero-order valence-corrected chi connectivity index (χ0v) is 24.5. The quantitative estimate of drug-likeness (QED) is 0.135. The van der Waals surface area contributed by atoms with Crippen molar-refractivity contribution in [2.45, 2.75) is 139 Å². The average molecular weight is 549 g/mol. The van der Waals surface area contributed by atoms with Crippen molar-refractivity contribution >= 4 is 34.2 Å². The molecule has 212 valence electrons. The molecule has 1 unspecified atom stereocenters. The molecule has 1 heterocycles. The number of aliphatic hydroxyl groups excluding tert-OH is 3. The zero-order chi connectivity index (χ0) is 26.8. The summed E-state index contributed by atoms with van der Waals surface area (Å²) in [6.07, 6.45) is 16.0. The van der Waals surface area contributed by atoms with Crippen LogP contribution < -0.4 is 5.32 Å². The second-order valence-corrected chi connectivity index (χ2v) is 12.0. The molecule has 4 N–H and O–H groups in total. The lowest BCUT2D eigenvalue weighted by Crippen LogP contribution is -2.63. The van der Waals surface area contributed by atoms with Gasteiger partial charge in [0.15, 0.2) is 0 Å². The van der Waals surface area contributed by atoms with E-state index in [0.717, 1.165) is 19.3 Å². The van der Waals surface area contributed by atoms with Crippen LogP contribution in [0.3, 0.4) is 0 Å². The van der Waals surface area contributed by atoms with E-state index in [-0.39, 0.29) is 5.91 Å². The second kappa shape index (κ2) is 20.5. The molecule has 0 aromatic carbocycles. The van der Waals surface area contributed by atoms with E-state index >= 15 is 0 Å². The number of nitrogens with one attached hydrogen (secondary N) is 1. The number of ether oxygens (including phenoxy) is 1. The van der Waals surface area contributed by atoms with Gasteiger partial charge < -0.3 is 30.3 Å². The Morgan fingerprint density at radius 1 is 0.861 bits per heavy atom. The van der Waals surface area contributed by atoms with Crippen LogP contribution in [0, 0.1) is 0 Å². The van der Waals surface area contributed by atoms with Crippen LogP contribution >= 0.6 is 24.0 Å². The van der Waals surface area contributed by atoms with Gasteiger partial charge >= 0.3 is 0 Å². The first kappa shape index (κ1) is 33.6. The zero-order valence-electron chi connectivity index (χ0n) is 22.8. The van der Waals surface area contributed by atoms with Gasteiger partial charge in [0.1, 0.15) is 28.1 Å². The van der Waals surface area contributed by atoms with E-state index in [4.69, 9.17) is 17.0 Å². The molecule has 1 saturated heterocycles. The van der Waals surface area contributed by atoms with E-state index in [1.54, 1.807) is 19.0 Å². The SMILES string of the molecule is CCCCCCCCCCCCCCCCCC(=O)NC1[C@@H](O)[C@H](O)[C@@H](CO)O[C@H]1SC(=S)N(C)C. The number of amides is 1. The Morgan fingerprint density at radius 3 is 1.78 bits per heavy atom. The molecule has 1 rings (SSSR count). The molecule has 1 aliphatic heterocycles. The minimum absolute atomic E-state index is 0.173. The Morgan fingerprint density at radius 2 is 1.33 bits per heavy atom. The van der Waals surface area contributed by atoms with Gasteiger partial charge in [0.05, 0.1) is 12.6 Å². The smallest absolute Gasteiger partial charge is 0.220 e. The summed E-state index contributed by atoms with van der Waals surface area (Å²) in [6.45, 7) is 1.83. The van der Waals surface area contributed by atoms with Gasteiger partial charge in [-0.15, -0.1) is 0 Å². The van der Waals surface area contributed by atoms with E-state index in [9.17, 15) is 20.1 Å². The molecule has 1 amide bonds. The molecule has 9 heteroatoms. The molecule has 0 aromatic rings. The van der Waals surface area contributed by atoms with Crippen LogP contribution in [0.5, 0.6) is 0 Å². The molecular weight excluding hydrogens is 496 g/mol. The number of nitrogens with zero attached hydrogens (tertiary/aromatic N) is 1. The van der Waals surface area contributed by atoms with Crippen LogP contribution in [0.15, 0.2) is 0 Å². The molecule has 0 radical (unpaired) electrons. The Labute approximate surface area is 229 Å². The summed E-state index contributed by atoms with van der Waals surface area (Å²) in [7, 11) is 3.61. The highest BCUT2D eigenvalue weighted by Gasteiger charge is 2.45. The molecule has 36 heavy (non-hydrogen) atoms. The lowest BCUT2D eigenvalue weighted by atomic mass is 9.98. The molecule has 1 aliphatic rings. The van der Waals surface area contributed by atoms with Crippen LogP contribution in [0.4, 0.5) is 0 Å². The summed E-state index contributed by atoms with van der Waals surface area (Å²) in [4.78, 5) is 14.3. The third-order valence-electron chi connectivity index (χ3n) is 6.80. The van der Waals surface area contributed by atoms with Gasteiger partial charge in [-0.3, -0.25) is 4.79 Å². The topological polar surface area (TPSA) is 102 Å². The lowest BCUT2D eigenvalue weighted by molar-refractivity contribution is -0.173. The Hall–Kier alpha value is -0.450. The highest BCUT2D eigenvalue weighted by molar-refractivity contribution is 8.23. The number of unbranched alkanes of at least 4 members (excludes halogenated alkanes) is 14. The van der Waals surface area contributed by atoms with Crippen molar-refractivity contribution in [3.8, 4) is 0 Å². The summed E-state index contributed by atoms with van der Waals surface area (Å²) in [5, 5.41) is 33.2. The first-order chi connectivity index (χ1) is 17.3. The fourth-order valence-electron chi connectivity index (χ4n) is 4.46. The number of hydrogen-bond donors (Lipinski definition) is 4. The van der Waals surface area contributed by atoms with Crippen LogP contribution in [-0.2, 0) is 9.53 Å². The number of rotatable bonds is 19. The predicted octanol–water partition coefficient (Wildman–Crippen LogP) is 4.75. The third kappa shape index (κ3) is 13.9. The van der Waals surface area contributed by atoms with Crippen molar-refractivity contribution in [3.63, 3.8) is 0 Å². The van der Waals surface area contributed by atoms with Crippen LogP contribution in [0.1, 0.15) is 110 Å². The summed E-state index contributed by atoms with van der Waals surface area (Å²) in [5.74, 6) is -0.173. The van der Waals surface area contributed by atoms with Gasteiger partial charge in [0, 0.05) is 20.5 Å². The van der Waals surface area contributed by atoms with Crippen molar-refractivity contribution in [3.05, 3.63) is 0 Å². The lowest BCUT2D eigenvalue weighted by Gasteiger charge is -2.42. The van der Waals surface area contributed by atoms with Gasteiger partial charge in [-0.2, -0.15) is 0 Å². The van der Waals surface area contributed by atoms with Crippen LogP contribution in [0.2, 0.25) is 0 Å². The van der Waals surface area contributed by atoms with E-state index in [0.29, 0.717) is 10.7 Å². The van der Waals surface area contributed by atoms with E-state index in [1.165, 1.54) is 88.8 Å². The normalized spacial score (nSPS) is 24.0. The van der Waals surface area contributed by atoms with Gasteiger partial charge in [0.25, 0.3) is 0 Å². The Kier molecular flexibility index (Phi) is 19.1. The molecular formula is C27H52N2O5S2. The largest absolute Gasteiger partial charge is 0.394 e.